The third-order valence-electron chi connectivity index (χ3n) is 6.49. The van der Waals surface area contributed by atoms with Crippen LogP contribution < -0.4 is 10.2 Å². The third-order valence-corrected chi connectivity index (χ3v) is 6.49. The molecule has 2 heterocycles. The lowest BCUT2D eigenvalue weighted by Crippen LogP contribution is -2.45. The zero-order valence-corrected chi connectivity index (χ0v) is 18.3. The molecule has 7 heteroatoms. The Kier molecular flexibility index (Phi) is 8.00. The fourth-order valence-corrected chi connectivity index (χ4v) is 5.02. The van der Waals surface area contributed by atoms with Crippen LogP contribution in [0.4, 0.5) is 10.1 Å². The highest BCUT2D eigenvalue weighted by molar-refractivity contribution is 5.85. The number of benzene rings is 1. The second-order valence-corrected chi connectivity index (χ2v) is 8.41. The monoisotopic (exact) mass is 431 g/mol. The van der Waals surface area contributed by atoms with E-state index in [-0.39, 0.29) is 36.5 Å². The molecule has 0 aromatic heterocycles. The van der Waals surface area contributed by atoms with Crippen LogP contribution >= 0.6 is 24.8 Å². The van der Waals surface area contributed by atoms with Crippen LogP contribution in [-0.4, -0.2) is 49.1 Å². The summed E-state index contributed by atoms with van der Waals surface area (Å²) in [5.41, 5.74) is 2.18. The Labute approximate surface area is 180 Å². The van der Waals surface area contributed by atoms with E-state index < -0.39 is 0 Å². The molecule has 0 spiro atoms. The van der Waals surface area contributed by atoms with Crippen molar-refractivity contribution in [2.75, 3.05) is 31.1 Å². The lowest BCUT2D eigenvalue weighted by Gasteiger charge is -2.38. The van der Waals surface area contributed by atoms with Crippen molar-refractivity contribution < 1.29 is 9.18 Å². The fraction of sp³-hybridized carbons (Fsp3) is 0.667. The van der Waals surface area contributed by atoms with Gasteiger partial charge in [-0.15, -0.1) is 24.8 Å². The zero-order chi connectivity index (χ0) is 18.3. The van der Waals surface area contributed by atoms with E-state index in [1.807, 2.05) is 13.0 Å². The number of carbonyl (C=O) groups excluding carboxylic acids is 1. The van der Waals surface area contributed by atoms with Crippen LogP contribution in [0.15, 0.2) is 18.2 Å². The standard InChI is InChI=1S/C21H30FN3O.2ClH/c1-14-11-17(22)5-6-21(14)24-9-7-18(8-10-24)25-12-19(16-3-4-16)20(13-25)23-15(2)26;;/h5-6,11,16,18-20H,3-4,7-10,12-13H2,1-2H3,(H,23,26);2*1H/t19-,20+;;/m1../s1. The van der Waals surface area contributed by atoms with Crippen molar-refractivity contribution >= 4 is 36.4 Å². The van der Waals surface area contributed by atoms with Gasteiger partial charge in [-0.3, -0.25) is 9.69 Å². The number of halogens is 3. The van der Waals surface area contributed by atoms with Crippen LogP contribution in [0.3, 0.4) is 0 Å². The van der Waals surface area contributed by atoms with E-state index in [2.05, 4.69) is 15.1 Å². The Morgan fingerprint density at radius 1 is 1.11 bits per heavy atom. The molecule has 2 aliphatic heterocycles. The summed E-state index contributed by atoms with van der Waals surface area (Å²) in [5, 5.41) is 3.20. The summed E-state index contributed by atoms with van der Waals surface area (Å²) in [5.74, 6) is 1.40. The number of amides is 1. The molecule has 1 saturated carbocycles. The highest BCUT2D eigenvalue weighted by atomic mass is 35.5. The van der Waals surface area contributed by atoms with Crippen LogP contribution in [0.25, 0.3) is 0 Å². The number of carbonyl (C=O) groups is 1. The molecular weight excluding hydrogens is 400 g/mol. The van der Waals surface area contributed by atoms with Crippen LogP contribution in [0.2, 0.25) is 0 Å². The number of hydrogen-bond donors (Lipinski definition) is 1. The van der Waals surface area contributed by atoms with E-state index in [1.165, 1.54) is 18.5 Å². The highest BCUT2D eigenvalue weighted by Crippen LogP contribution is 2.42. The van der Waals surface area contributed by atoms with Crippen molar-refractivity contribution in [2.45, 2.75) is 51.6 Å². The van der Waals surface area contributed by atoms with E-state index >= 15 is 0 Å². The number of nitrogens with one attached hydrogen (secondary N) is 1. The highest BCUT2D eigenvalue weighted by Gasteiger charge is 2.44. The Bertz CT molecular complexity index is 678. The number of nitrogens with zero attached hydrogens (tertiary/aromatic N) is 2. The van der Waals surface area contributed by atoms with Crippen LogP contribution in [0, 0.1) is 24.6 Å². The Morgan fingerprint density at radius 2 is 1.79 bits per heavy atom. The van der Waals surface area contributed by atoms with Gasteiger partial charge < -0.3 is 10.2 Å². The van der Waals surface area contributed by atoms with Gasteiger partial charge in [0, 0.05) is 50.9 Å². The van der Waals surface area contributed by atoms with Gasteiger partial charge in [0.2, 0.25) is 5.91 Å². The smallest absolute Gasteiger partial charge is 0.217 e. The van der Waals surface area contributed by atoms with Gasteiger partial charge in [-0.05, 0) is 68.2 Å². The van der Waals surface area contributed by atoms with Crippen molar-refractivity contribution in [3.63, 3.8) is 0 Å². The SMILES string of the molecule is CC(=O)N[C@H]1CN(C2CCN(c3ccc(F)cc3C)CC2)C[C@@H]1C1CC1.Cl.Cl. The van der Waals surface area contributed by atoms with Crippen molar-refractivity contribution in [3.8, 4) is 0 Å². The minimum absolute atomic E-state index is 0. The topological polar surface area (TPSA) is 35.6 Å². The van der Waals surface area contributed by atoms with E-state index in [0.717, 1.165) is 50.5 Å². The first-order chi connectivity index (χ1) is 12.5. The molecule has 1 aliphatic carbocycles. The second kappa shape index (κ2) is 9.64. The van der Waals surface area contributed by atoms with Gasteiger partial charge in [0.05, 0.1) is 0 Å². The maximum atomic E-state index is 13.4. The Morgan fingerprint density at radius 3 is 2.36 bits per heavy atom. The molecule has 2 saturated heterocycles. The van der Waals surface area contributed by atoms with Gasteiger partial charge in [-0.25, -0.2) is 4.39 Å². The quantitative estimate of drug-likeness (QED) is 0.787. The van der Waals surface area contributed by atoms with E-state index in [4.69, 9.17) is 0 Å². The largest absolute Gasteiger partial charge is 0.371 e. The van der Waals surface area contributed by atoms with Crippen molar-refractivity contribution in [1.29, 1.82) is 0 Å². The molecule has 4 rings (SSSR count). The summed E-state index contributed by atoms with van der Waals surface area (Å²) in [6, 6.07) is 6.04. The lowest BCUT2D eigenvalue weighted by atomic mass is 9.98. The molecule has 1 aromatic carbocycles. The minimum Gasteiger partial charge on any atom is -0.371 e. The first-order valence-electron chi connectivity index (χ1n) is 10.0. The molecule has 1 N–H and O–H groups in total. The maximum Gasteiger partial charge on any atom is 0.217 e. The summed E-state index contributed by atoms with van der Waals surface area (Å²) in [7, 11) is 0. The number of aryl methyl sites for hydroxylation is 1. The van der Waals surface area contributed by atoms with Crippen molar-refractivity contribution in [3.05, 3.63) is 29.6 Å². The molecule has 4 nitrogen and oxygen atoms in total. The van der Waals surface area contributed by atoms with Gasteiger partial charge >= 0.3 is 0 Å². The molecule has 1 amide bonds. The zero-order valence-electron chi connectivity index (χ0n) is 16.7. The normalized spacial score (nSPS) is 25.8. The fourth-order valence-electron chi connectivity index (χ4n) is 5.02. The first kappa shape index (κ1) is 23.2. The summed E-state index contributed by atoms with van der Waals surface area (Å²) >= 11 is 0. The van der Waals surface area contributed by atoms with E-state index in [1.54, 1.807) is 19.1 Å². The second-order valence-electron chi connectivity index (χ2n) is 8.41. The molecule has 0 radical (unpaired) electrons. The first-order valence-corrected chi connectivity index (χ1v) is 10.0. The Balaban J connectivity index is 0.00000140. The van der Waals surface area contributed by atoms with E-state index in [9.17, 15) is 9.18 Å². The average molecular weight is 432 g/mol. The molecule has 3 fully saturated rings. The Hall–Kier alpha value is -1.04. The van der Waals surface area contributed by atoms with Crippen LogP contribution in [-0.2, 0) is 4.79 Å². The van der Waals surface area contributed by atoms with Gasteiger partial charge in [0.25, 0.3) is 0 Å². The maximum absolute atomic E-state index is 13.4. The van der Waals surface area contributed by atoms with Crippen LogP contribution in [0.1, 0.15) is 38.2 Å². The van der Waals surface area contributed by atoms with Crippen LogP contribution in [0.5, 0.6) is 0 Å². The molecular formula is C21H32Cl2FN3O. The molecule has 1 aromatic rings. The number of anilines is 1. The summed E-state index contributed by atoms with van der Waals surface area (Å²) in [4.78, 5) is 16.6. The van der Waals surface area contributed by atoms with Gasteiger partial charge in [0.1, 0.15) is 5.82 Å². The molecule has 3 aliphatic rings. The van der Waals surface area contributed by atoms with Gasteiger partial charge in [-0.2, -0.15) is 0 Å². The summed E-state index contributed by atoms with van der Waals surface area (Å²) < 4.78 is 13.4. The summed E-state index contributed by atoms with van der Waals surface area (Å²) in [6.45, 7) is 7.80. The number of piperidine rings is 1. The number of hydrogen-bond acceptors (Lipinski definition) is 3. The molecule has 0 unspecified atom stereocenters. The average Bonchev–Trinajstić information content (AvgIpc) is 3.36. The number of rotatable bonds is 4. The molecule has 0 bridgehead atoms. The predicted octanol–water partition coefficient (Wildman–Crippen LogP) is 3.79. The number of likely N-dealkylation sites (tertiary alicyclic amines) is 1. The summed E-state index contributed by atoms with van der Waals surface area (Å²) in [6.07, 6.45) is 4.94. The lowest BCUT2D eigenvalue weighted by molar-refractivity contribution is -0.119. The van der Waals surface area contributed by atoms with Crippen molar-refractivity contribution in [1.82, 2.24) is 10.2 Å². The molecule has 28 heavy (non-hydrogen) atoms. The van der Waals surface area contributed by atoms with E-state index in [0.29, 0.717) is 18.0 Å². The molecule has 158 valence electrons. The minimum atomic E-state index is -0.159. The van der Waals surface area contributed by atoms with Gasteiger partial charge in [0.15, 0.2) is 0 Å². The molecule has 2 atom stereocenters. The van der Waals surface area contributed by atoms with Gasteiger partial charge in [-0.1, -0.05) is 0 Å². The third kappa shape index (κ3) is 5.11. The predicted molar refractivity (Wildman–Crippen MR) is 116 cm³/mol. The van der Waals surface area contributed by atoms with Crippen molar-refractivity contribution in [2.24, 2.45) is 11.8 Å².